The number of hydrogen-bond donors (Lipinski definition) is 1. The predicted octanol–water partition coefficient (Wildman–Crippen LogP) is 8.47. The van der Waals surface area contributed by atoms with Crippen LogP contribution in [0.5, 0.6) is 5.75 Å². The normalized spacial score (nSPS) is 17.0. The number of benzene rings is 1. The number of ether oxygens (including phenoxy) is 2. The molecule has 2 N–H and O–H groups in total. The predicted molar refractivity (Wildman–Crippen MR) is 170 cm³/mol. The Labute approximate surface area is 240 Å². The van der Waals surface area contributed by atoms with E-state index in [-0.39, 0.29) is 0 Å². The number of rotatable bonds is 10. The summed E-state index contributed by atoms with van der Waals surface area (Å²) in [6, 6.07) is 5.99. The summed E-state index contributed by atoms with van der Waals surface area (Å²) in [6.07, 6.45) is 20.5. The Morgan fingerprint density at radius 3 is 2.83 bits per heavy atom. The minimum atomic E-state index is 0.632. The molecule has 1 saturated heterocycles. The zero-order valence-corrected chi connectivity index (χ0v) is 24.0. The van der Waals surface area contributed by atoms with E-state index in [1.807, 2.05) is 49.4 Å². The van der Waals surface area contributed by atoms with E-state index in [0.717, 1.165) is 78.1 Å². The molecular formula is C37H41NO2. The van der Waals surface area contributed by atoms with Crippen molar-refractivity contribution in [3.8, 4) is 17.6 Å². The number of nitrogens with two attached hydrogens (primary N) is 1. The van der Waals surface area contributed by atoms with Crippen molar-refractivity contribution in [2.75, 3.05) is 19.8 Å². The van der Waals surface area contributed by atoms with E-state index in [9.17, 15) is 0 Å². The molecule has 0 bridgehead atoms. The Balaban J connectivity index is 1.98. The van der Waals surface area contributed by atoms with Crippen molar-refractivity contribution in [3.05, 3.63) is 137 Å². The zero-order chi connectivity index (χ0) is 28.7. The van der Waals surface area contributed by atoms with E-state index in [1.165, 1.54) is 11.1 Å². The fourth-order valence-electron chi connectivity index (χ4n) is 4.47. The van der Waals surface area contributed by atoms with E-state index in [2.05, 4.69) is 62.5 Å². The topological polar surface area (TPSA) is 44.5 Å². The van der Waals surface area contributed by atoms with Gasteiger partial charge in [0.05, 0.1) is 6.61 Å². The maximum absolute atomic E-state index is 6.61. The lowest BCUT2D eigenvalue weighted by molar-refractivity contribution is 0.146. The Hall–Kier alpha value is -4.06. The van der Waals surface area contributed by atoms with Gasteiger partial charge in [0.1, 0.15) is 11.5 Å². The second-order valence-electron chi connectivity index (χ2n) is 9.99. The van der Waals surface area contributed by atoms with Gasteiger partial charge in [-0.25, -0.2) is 0 Å². The molecule has 0 amide bonds. The number of hydrogen-bond acceptors (Lipinski definition) is 3. The quantitative estimate of drug-likeness (QED) is 0.187. The van der Waals surface area contributed by atoms with Gasteiger partial charge in [-0.2, -0.15) is 0 Å². The van der Waals surface area contributed by atoms with Crippen LogP contribution in [0.25, 0.3) is 5.57 Å². The van der Waals surface area contributed by atoms with Crippen LogP contribution in [-0.2, 0) is 4.74 Å². The van der Waals surface area contributed by atoms with E-state index < -0.39 is 0 Å². The first kappa shape index (κ1) is 30.5. The lowest BCUT2D eigenvalue weighted by Crippen LogP contribution is -1.99. The summed E-state index contributed by atoms with van der Waals surface area (Å²) in [7, 11) is 0. The SMILES string of the molecule is C=CC#Cc1ccc(/C(C=C)=C\CC(=C)/C=C(\C)CCN)c(OC2=CC(/C=C3/CCCOCC3)=C=CC(C)=C2)c1. The van der Waals surface area contributed by atoms with Crippen LogP contribution in [-0.4, -0.2) is 19.8 Å². The molecule has 1 aromatic carbocycles. The molecule has 0 atom stereocenters. The molecule has 2 aliphatic rings. The maximum Gasteiger partial charge on any atom is 0.136 e. The molecule has 0 saturated carbocycles. The van der Waals surface area contributed by atoms with Gasteiger partial charge >= 0.3 is 0 Å². The fourth-order valence-corrected chi connectivity index (χ4v) is 4.47. The van der Waals surface area contributed by atoms with E-state index in [1.54, 1.807) is 6.08 Å². The smallest absolute Gasteiger partial charge is 0.136 e. The standard InChI is InChI=1S/C37H41NO2/c1-6-8-10-31-15-17-36(34(7-2)16-13-28(3)23-30(5)18-20-38)37(27-31)40-35-24-29(4)12-14-33(26-35)25-32-11-9-21-39-22-19-32/h6-7,12,15-17,23-27H,1-3,9,11,13,18-22,38H2,4-5H3/b30-23+,32-25-,34-16-. The highest BCUT2D eigenvalue weighted by Gasteiger charge is 2.12. The fraction of sp³-hybridized carbons (Fsp3) is 0.270. The third kappa shape index (κ3) is 9.92. The van der Waals surface area contributed by atoms with Gasteiger partial charge < -0.3 is 15.2 Å². The summed E-state index contributed by atoms with van der Waals surface area (Å²) >= 11 is 0. The second kappa shape index (κ2) is 16.1. The van der Waals surface area contributed by atoms with Gasteiger partial charge in [0.15, 0.2) is 0 Å². The lowest BCUT2D eigenvalue weighted by atomic mass is 9.99. The van der Waals surface area contributed by atoms with Gasteiger partial charge in [0.25, 0.3) is 0 Å². The monoisotopic (exact) mass is 531 g/mol. The van der Waals surface area contributed by atoms with Crippen LogP contribution in [0.15, 0.2) is 126 Å². The van der Waals surface area contributed by atoms with Crippen molar-refractivity contribution in [3.63, 3.8) is 0 Å². The largest absolute Gasteiger partial charge is 0.457 e. The van der Waals surface area contributed by atoms with Crippen LogP contribution in [0.4, 0.5) is 0 Å². The molecule has 1 heterocycles. The highest BCUT2D eigenvalue weighted by molar-refractivity contribution is 5.78. The highest BCUT2D eigenvalue weighted by atomic mass is 16.5. The van der Waals surface area contributed by atoms with Crippen LogP contribution in [0.1, 0.15) is 57.1 Å². The molecule has 206 valence electrons. The van der Waals surface area contributed by atoms with Crippen molar-refractivity contribution in [1.82, 2.24) is 0 Å². The van der Waals surface area contributed by atoms with Crippen molar-refractivity contribution >= 4 is 5.57 Å². The Kier molecular flexibility index (Phi) is 12.3. The van der Waals surface area contributed by atoms with Crippen LogP contribution < -0.4 is 10.5 Å². The summed E-state index contributed by atoms with van der Waals surface area (Å²) in [6.45, 7) is 18.4. The van der Waals surface area contributed by atoms with Gasteiger partial charge in [-0.1, -0.05) is 66.5 Å². The molecule has 1 fully saturated rings. The molecule has 3 nitrogen and oxygen atoms in total. The van der Waals surface area contributed by atoms with Crippen LogP contribution in [0, 0.1) is 11.8 Å². The summed E-state index contributed by atoms with van der Waals surface area (Å²) < 4.78 is 12.2. The molecule has 0 spiro atoms. The van der Waals surface area contributed by atoms with Crippen LogP contribution in [0.2, 0.25) is 0 Å². The molecule has 40 heavy (non-hydrogen) atoms. The molecule has 3 rings (SSSR count). The minimum Gasteiger partial charge on any atom is -0.457 e. The average Bonchev–Trinajstić information content (AvgIpc) is 3.29. The Morgan fingerprint density at radius 1 is 1.20 bits per heavy atom. The first-order chi connectivity index (χ1) is 19.4. The molecule has 1 aliphatic heterocycles. The molecule has 0 aromatic heterocycles. The van der Waals surface area contributed by atoms with Gasteiger partial charge in [-0.15, -0.1) is 5.73 Å². The zero-order valence-electron chi connectivity index (χ0n) is 24.0. The molecular weight excluding hydrogens is 490 g/mol. The molecule has 1 aromatic rings. The second-order valence-corrected chi connectivity index (χ2v) is 9.99. The molecule has 0 radical (unpaired) electrons. The van der Waals surface area contributed by atoms with Crippen molar-refractivity contribution < 1.29 is 9.47 Å². The lowest BCUT2D eigenvalue weighted by Gasteiger charge is -2.14. The van der Waals surface area contributed by atoms with Crippen molar-refractivity contribution in [2.24, 2.45) is 5.73 Å². The van der Waals surface area contributed by atoms with Gasteiger partial charge in [-0.05, 0) is 112 Å². The van der Waals surface area contributed by atoms with E-state index >= 15 is 0 Å². The first-order valence-corrected chi connectivity index (χ1v) is 13.9. The maximum atomic E-state index is 6.61. The van der Waals surface area contributed by atoms with E-state index in [0.29, 0.717) is 18.7 Å². The molecule has 0 unspecified atom stereocenters. The summed E-state index contributed by atoms with van der Waals surface area (Å²) in [5, 5.41) is 0. The highest BCUT2D eigenvalue weighted by Crippen LogP contribution is 2.32. The van der Waals surface area contributed by atoms with Crippen molar-refractivity contribution in [1.29, 1.82) is 0 Å². The van der Waals surface area contributed by atoms with Crippen molar-refractivity contribution in [2.45, 2.75) is 46.0 Å². The Bertz CT molecular complexity index is 1400. The van der Waals surface area contributed by atoms with Gasteiger partial charge in [-0.3, -0.25) is 0 Å². The first-order valence-electron chi connectivity index (χ1n) is 13.9. The van der Waals surface area contributed by atoms with Crippen LogP contribution in [0.3, 0.4) is 0 Å². The third-order valence-electron chi connectivity index (χ3n) is 6.48. The minimum absolute atomic E-state index is 0.632. The van der Waals surface area contributed by atoms with E-state index in [4.69, 9.17) is 15.2 Å². The molecule has 1 aliphatic carbocycles. The summed E-state index contributed by atoms with van der Waals surface area (Å²) in [4.78, 5) is 0. The number of allylic oxidation sites excluding steroid dienone is 11. The summed E-state index contributed by atoms with van der Waals surface area (Å²) in [5.41, 5.74) is 17.5. The molecule has 3 heteroatoms. The van der Waals surface area contributed by atoms with Gasteiger partial charge in [0, 0.05) is 23.3 Å². The average molecular weight is 532 g/mol. The van der Waals surface area contributed by atoms with Gasteiger partial charge in [0.2, 0.25) is 0 Å². The Morgan fingerprint density at radius 2 is 2.05 bits per heavy atom. The summed E-state index contributed by atoms with van der Waals surface area (Å²) in [5.74, 6) is 7.50. The van der Waals surface area contributed by atoms with Crippen LogP contribution >= 0.6 is 0 Å². The third-order valence-corrected chi connectivity index (χ3v) is 6.48.